The maximum atomic E-state index is 13.1. The number of H-pyrrole nitrogens is 1. The third-order valence-electron chi connectivity index (χ3n) is 5.16. The molecule has 0 unspecified atom stereocenters. The van der Waals surface area contributed by atoms with Crippen molar-refractivity contribution < 1.29 is 4.74 Å². The van der Waals surface area contributed by atoms with Crippen LogP contribution >= 0.6 is 11.8 Å². The number of fused-ring (bicyclic) bond motifs is 3. The number of methoxy groups -OCH3 is 1. The van der Waals surface area contributed by atoms with Gasteiger partial charge in [-0.25, -0.2) is 14.6 Å². The van der Waals surface area contributed by atoms with Crippen LogP contribution in [0.5, 0.6) is 5.75 Å². The zero-order chi connectivity index (χ0) is 21.5. The molecule has 0 spiro atoms. The van der Waals surface area contributed by atoms with Gasteiger partial charge < -0.3 is 4.74 Å². The minimum atomic E-state index is -0.241. The molecule has 31 heavy (non-hydrogen) atoms. The van der Waals surface area contributed by atoms with Crippen LogP contribution in [-0.4, -0.2) is 47.7 Å². The summed E-state index contributed by atoms with van der Waals surface area (Å²) in [4.78, 5) is 22.1. The summed E-state index contributed by atoms with van der Waals surface area (Å²) >= 11 is 1.40. The second kappa shape index (κ2) is 7.55. The lowest BCUT2D eigenvalue weighted by molar-refractivity contribution is 0.415. The quantitative estimate of drug-likeness (QED) is 0.425. The third kappa shape index (κ3) is 3.07. The van der Waals surface area contributed by atoms with Gasteiger partial charge in [0, 0.05) is 18.0 Å². The number of aromatic nitrogens is 7. The largest absolute Gasteiger partial charge is 0.497 e. The molecule has 0 saturated carbocycles. The predicted octanol–water partition coefficient (Wildman–Crippen LogP) is 3.11. The molecule has 5 aromatic rings. The molecule has 0 aliphatic rings. The minimum Gasteiger partial charge on any atom is -0.497 e. The van der Waals surface area contributed by atoms with Crippen molar-refractivity contribution in [3.8, 4) is 22.8 Å². The Morgan fingerprint density at radius 1 is 1.19 bits per heavy atom. The first-order chi connectivity index (χ1) is 15.1. The molecule has 0 saturated heterocycles. The van der Waals surface area contributed by atoms with E-state index >= 15 is 0 Å². The van der Waals surface area contributed by atoms with Gasteiger partial charge in [-0.1, -0.05) is 30.8 Å². The van der Waals surface area contributed by atoms with Crippen LogP contribution in [0.4, 0.5) is 0 Å². The van der Waals surface area contributed by atoms with Crippen LogP contribution in [0.3, 0.4) is 0 Å². The van der Waals surface area contributed by atoms with E-state index in [1.165, 1.54) is 16.3 Å². The Balaban J connectivity index is 1.72. The maximum Gasteiger partial charge on any atom is 0.268 e. The second-order valence-electron chi connectivity index (χ2n) is 6.83. The Kier molecular flexibility index (Phi) is 4.70. The lowest BCUT2D eigenvalue weighted by Crippen LogP contribution is -2.20. The highest BCUT2D eigenvalue weighted by molar-refractivity contribution is 7.98. The molecule has 1 N–H and O–H groups in total. The number of aryl methyl sites for hydroxylation is 1. The molecule has 1 aromatic carbocycles. The van der Waals surface area contributed by atoms with E-state index in [9.17, 15) is 4.79 Å². The van der Waals surface area contributed by atoms with Crippen molar-refractivity contribution >= 4 is 28.3 Å². The zero-order valence-electron chi connectivity index (χ0n) is 17.2. The molecule has 0 aliphatic heterocycles. The maximum absolute atomic E-state index is 13.1. The van der Waals surface area contributed by atoms with E-state index in [0.717, 1.165) is 29.0 Å². The average molecular weight is 433 g/mol. The molecule has 0 atom stereocenters. The molecule has 0 fully saturated rings. The van der Waals surface area contributed by atoms with E-state index in [-0.39, 0.29) is 5.56 Å². The van der Waals surface area contributed by atoms with Crippen molar-refractivity contribution in [1.82, 2.24) is 34.3 Å². The van der Waals surface area contributed by atoms with Gasteiger partial charge in [-0.3, -0.25) is 9.36 Å². The number of hydrogen-bond acceptors (Lipinski definition) is 7. The molecule has 10 heteroatoms. The number of hydrogen-bond donors (Lipinski definition) is 1. The van der Waals surface area contributed by atoms with Crippen molar-refractivity contribution in [2.75, 3.05) is 13.4 Å². The van der Waals surface area contributed by atoms with Crippen LogP contribution in [0.15, 0.2) is 52.7 Å². The first-order valence-electron chi connectivity index (χ1n) is 9.67. The molecule has 9 nitrogen and oxygen atoms in total. The number of ether oxygens (including phenoxy) is 1. The first kappa shape index (κ1) is 19.3. The summed E-state index contributed by atoms with van der Waals surface area (Å²) in [5.41, 5.74) is 4.01. The Labute approximate surface area is 181 Å². The summed E-state index contributed by atoms with van der Waals surface area (Å²) in [6.07, 6.45) is 5.89. The van der Waals surface area contributed by atoms with Crippen LogP contribution in [0, 0.1) is 0 Å². The van der Waals surface area contributed by atoms with Gasteiger partial charge in [-0.2, -0.15) is 10.1 Å². The SMILES string of the molecule is CCc1nn2c(ncc3c(=O)n(-c4nc(SC)n[nH]4)ccc32)c1-c1ccc(OC)cc1. The van der Waals surface area contributed by atoms with Crippen LogP contribution in [0.25, 0.3) is 33.6 Å². The molecular weight excluding hydrogens is 414 g/mol. The summed E-state index contributed by atoms with van der Waals surface area (Å²) in [7, 11) is 1.64. The van der Waals surface area contributed by atoms with Gasteiger partial charge in [0.1, 0.15) is 5.75 Å². The molecule has 0 aliphatic carbocycles. The monoisotopic (exact) mass is 433 g/mol. The highest BCUT2D eigenvalue weighted by Gasteiger charge is 2.18. The van der Waals surface area contributed by atoms with Gasteiger partial charge in [-0.15, -0.1) is 5.10 Å². The summed E-state index contributed by atoms with van der Waals surface area (Å²) in [6.45, 7) is 2.05. The topological polar surface area (TPSA) is 103 Å². The fourth-order valence-corrected chi connectivity index (χ4v) is 3.93. The van der Waals surface area contributed by atoms with Gasteiger partial charge in [0.15, 0.2) is 5.65 Å². The van der Waals surface area contributed by atoms with Crippen molar-refractivity contribution in [2.24, 2.45) is 0 Å². The van der Waals surface area contributed by atoms with E-state index < -0.39 is 0 Å². The zero-order valence-corrected chi connectivity index (χ0v) is 18.0. The summed E-state index contributed by atoms with van der Waals surface area (Å²) in [6, 6.07) is 9.66. The summed E-state index contributed by atoms with van der Waals surface area (Å²) < 4.78 is 8.44. The second-order valence-corrected chi connectivity index (χ2v) is 7.61. The molecule has 156 valence electrons. The van der Waals surface area contributed by atoms with Crippen molar-refractivity contribution in [2.45, 2.75) is 18.5 Å². The van der Waals surface area contributed by atoms with Crippen LogP contribution in [-0.2, 0) is 6.42 Å². The van der Waals surface area contributed by atoms with Crippen molar-refractivity contribution in [3.63, 3.8) is 0 Å². The Hall–Kier alpha value is -3.66. The van der Waals surface area contributed by atoms with Crippen LogP contribution < -0.4 is 10.3 Å². The lowest BCUT2D eigenvalue weighted by atomic mass is 10.0. The van der Waals surface area contributed by atoms with Crippen LogP contribution in [0.1, 0.15) is 12.6 Å². The number of nitrogens with zero attached hydrogens (tertiary/aromatic N) is 6. The number of aromatic amines is 1. The Morgan fingerprint density at radius 2 is 2.00 bits per heavy atom. The predicted molar refractivity (Wildman–Crippen MR) is 119 cm³/mol. The van der Waals surface area contributed by atoms with E-state index in [2.05, 4.69) is 27.1 Å². The summed E-state index contributed by atoms with van der Waals surface area (Å²) in [5.74, 6) is 1.15. The third-order valence-corrected chi connectivity index (χ3v) is 5.71. The fraction of sp³-hybridized carbons (Fsp3) is 0.190. The molecule has 0 bridgehead atoms. The molecule has 4 heterocycles. The van der Waals surface area contributed by atoms with Gasteiger partial charge in [0.2, 0.25) is 11.1 Å². The normalized spacial score (nSPS) is 11.5. The summed E-state index contributed by atoms with van der Waals surface area (Å²) in [5, 5.41) is 12.7. The molecular formula is C21H19N7O2S. The van der Waals surface area contributed by atoms with Crippen LogP contribution in [0.2, 0.25) is 0 Å². The van der Waals surface area contributed by atoms with Gasteiger partial charge in [0.25, 0.3) is 5.56 Å². The number of thioether (sulfide) groups is 1. The van der Waals surface area contributed by atoms with Gasteiger partial charge in [-0.05, 0) is 36.4 Å². The first-order valence-corrected chi connectivity index (χ1v) is 10.9. The number of rotatable bonds is 5. The number of pyridine rings is 1. The van der Waals surface area contributed by atoms with E-state index in [4.69, 9.17) is 9.84 Å². The molecule has 4 aromatic heterocycles. The number of nitrogens with one attached hydrogen (secondary N) is 1. The standard InChI is InChI=1S/C21H19N7O2S/c1-4-15-17(12-5-7-13(30-2)8-6-12)18-22-11-14-16(28(18)26-15)9-10-27(19(14)29)20-23-21(31-3)25-24-20/h5-11H,4H2,1-3H3,(H,23,24,25). The van der Waals surface area contributed by atoms with E-state index in [1.807, 2.05) is 36.6 Å². The fourth-order valence-electron chi connectivity index (χ4n) is 3.62. The number of benzene rings is 1. The molecule has 0 radical (unpaired) electrons. The lowest BCUT2D eigenvalue weighted by Gasteiger charge is -2.06. The molecule has 0 amide bonds. The Morgan fingerprint density at radius 3 is 2.68 bits per heavy atom. The van der Waals surface area contributed by atoms with Crippen molar-refractivity contribution in [1.29, 1.82) is 0 Å². The Bertz CT molecular complexity index is 1470. The molecule has 5 rings (SSSR count). The van der Waals surface area contributed by atoms with E-state index in [0.29, 0.717) is 27.7 Å². The smallest absolute Gasteiger partial charge is 0.268 e. The van der Waals surface area contributed by atoms with Crippen molar-refractivity contribution in [3.05, 3.63) is 58.8 Å². The van der Waals surface area contributed by atoms with Gasteiger partial charge in [0.05, 0.1) is 23.7 Å². The highest BCUT2D eigenvalue weighted by Crippen LogP contribution is 2.30. The van der Waals surface area contributed by atoms with Gasteiger partial charge >= 0.3 is 0 Å². The highest BCUT2D eigenvalue weighted by atomic mass is 32.2. The average Bonchev–Trinajstić information content (AvgIpc) is 3.44. The van der Waals surface area contributed by atoms with E-state index in [1.54, 1.807) is 24.0 Å². The minimum absolute atomic E-state index is 0.241.